The first-order valence-electron chi connectivity index (χ1n) is 5.00. The first kappa shape index (κ1) is 9.39. The zero-order valence-electron chi connectivity index (χ0n) is 7.98. The summed E-state index contributed by atoms with van der Waals surface area (Å²) >= 11 is 0. The summed E-state index contributed by atoms with van der Waals surface area (Å²) in [6.45, 7) is 0.816. The molecule has 0 amide bonds. The fraction of sp³-hybridized carbons (Fsp3) is 0.875. The number of nitrogens with one attached hydrogen (secondary N) is 2. The molecule has 0 radical (unpaired) electrons. The number of nitrogens with zero attached hydrogens (tertiary/aromatic N) is 3. The zero-order valence-corrected chi connectivity index (χ0v) is 7.98. The van der Waals surface area contributed by atoms with Crippen LogP contribution in [0.3, 0.4) is 0 Å². The molecule has 2 unspecified atom stereocenters. The van der Waals surface area contributed by atoms with Gasteiger partial charge in [-0.25, -0.2) is 0 Å². The normalized spacial score (nSPS) is 27.5. The van der Waals surface area contributed by atoms with Crippen molar-refractivity contribution in [1.29, 1.82) is 0 Å². The summed E-state index contributed by atoms with van der Waals surface area (Å²) in [5, 5.41) is 26.0. The van der Waals surface area contributed by atoms with Gasteiger partial charge in [0.15, 0.2) is 0 Å². The second kappa shape index (κ2) is 4.36. The van der Waals surface area contributed by atoms with Crippen LogP contribution in [0.1, 0.15) is 25.7 Å². The van der Waals surface area contributed by atoms with E-state index in [1.54, 1.807) is 0 Å². The van der Waals surface area contributed by atoms with Crippen LogP contribution in [0, 0.1) is 5.92 Å². The van der Waals surface area contributed by atoms with E-state index in [0.717, 1.165) is 25.8 Å². The Hall–Kier alpha value is -1.17. The van der Waals surface area contributed by atoms with Gasteiger partial charge in [0.25, 0.3) is 5.95 Å². The molecule has 14 heavy (non-hydrogen) atoms. The first-order valence-corrected chi connectivity index (χ1v) is 5.00. The minimum absolute atomic E-state index is 0.124. The molecule has 0 aromatic carbocycles. The van der Waals surface area contributed by atoms with Crippen molar-refractivity contribution >= 4 is 5.95 Å². The smallest absolute Gasteiger partial charge is 0.263 e. The monoisotopic (exact) mass is 197 g/mol. The Morgan fingerprint density at radius 1 is 1.50 bits per heavy atom. The number of aromatic amines is 1. The Morgan fingerprint density at radius 2 is 2.43 bits per heavy atom. The molecule has 0 aliphatic heterocycles. The van der Waals surface area contributed by atoms with Crippen LogP contribution in [0.2, 0.25) is 0 Å². The van der Waals surface area contributed by atoms with Gasteiger partial charge in [-0.1, -0.05) is 11.5 Å². The highest BCUT2D eigenvalue weighted by atomic mass is 16.3. The van der Waals surface area contributed by atoms with Gasteiger partial charge in [-0.15, -0.1) is 5.10 Å². The van der Waals surface area contributed by atoms with E-state index in [2.05, 4.69) is 25.9 Å². The minimum Gasteiger partial charge on any atom is -0.393 e. The van der Waals surface area contributed by atoms with E-state index in [0.29, 0.717) is 11.9 Å². The van der Waals surface area contributed by atoms with E-state index < -0.39 is 0 Å². The Bertz CT molecular complexity index is 263. The number of anilines is 1. The SMILES string of the molecule is OC1CCCC(CNc2nn[nH]n2)C1. The molecule has 1 aromatic heterocycles. The van der Waals surface area contributed by atoms with Crippen LogP contribution in [-0.4, -0.2) is 38.4 Å². The van der Waals surface area contributed by atoms with Gasteiger partial charge in [0.2, 0.25) is 0 Å². The Kier molecular flexibility index (Phi) is 2.93. The second-order valence-electron chi connectivity index (χ2n) is 3.80. The average Bonchev–Trinajstić information content (AvgIpc) is 2.67. The summed E-state index contributed by atoms with van der Waals surface area (Å²) in [6, 6.07) is 0. The molecule has 0 saturated heterocycles. The fourth-order valence-corrected chi connectivity index (χ4v) is 1.92. The lowest BCUT2D eigenvalue weighted by atomic mass is 9.87. The average molecular weight is 197 g/mol. The lowest BCUT2D eigenvalue weighted by molar-refractivity contribution is 0.104. The predicted molar refractivity (Wildman–Crippen MR) is 50.6 cm³/mol. The van der Waals surface area contributed by atoms with Crippen LogP contribution >= 0.6 is 0 Å². The highest BCUT2D eigenvalue weighted by Crippen LogP contribution is 2.23. The largest absolute Gasteiger partial charge is 0.393 e. The molecule has 1 aliphatic carbocycles. The maximum Gasteiger partial charge on any atom is 0.263 e. The maximum atomic E-state index is 9.46. The topological polar surface area (TPSA) is 86.7 Å². The van der Waals surface area contributed by atoms with E-state index in [9.17, 15) is 5.11 Å². The molecule has 0 bridgehead atoms. The summed E-state index contributed by atoms with van der Waals surface area (Å²) in [5.74, 6) is 1.06. The molecule has 1 heterocycles. The summed E-state index contributed by atoms with van der Waals surface area (Å²) in [6.07, 6.45) is 3.98. The Morgan fingerprint density at radius 3 is 3.14 bits per heavy atom. The van der Waals surface area contributed by atoms with Gasteiger partial charge in [0, 0.05) is 6.54 Å². The number of aromatic nitrogens is 4. The molecule has 6 nitrogen and oxygen atoms in total. The maximum absolute atomic E-state index is 9.46. The van der Waals surface area contributed by atoms with Crippen molar-refractivity contribution in [2.45, 2.75) is 31.8 Å². The number of H-pyrrole nitrogens is 1. The van der Waals surface area contributed by atoms with Gasteiger partial charge >= 0.3 is 0 Å². The molecular formula is C8H15N5O. The molecule has 1 aromatic rings. The van der Waals surface area contributed by atoms with E-state index in [-0.39, 0.29) is 6.10 Å². The summed E-state index contributed by atoms with van der Waals surface area (Å²) in [5.41, 5.74) is 0. The quantitative estimate of drug-likeness (QED) is 0.642. The van der Waals surface area contributed by atoms with Crippen LogP contribution in [-0.2, 0) is 0 Å². The highest BCUT2D eigenvalue weighted by Gasteiger charge is 2.19. The summed E-state index contributed by atoms with van der Waals surface area (Å²) < 4.78 is 0. The number of hydrogen-bond acceptors (Lipinski definition) is 5. The van der Waals surface area contributed by atoms with Crippen LogP contribution < -0.4 is 5.32 Å². The lowest BCUT2D eigenvalue weighted by Crippen LogP contribution is -2.25. The number of rotatable bonds is 3. The summed E-state index contributed by atoms with van der Waals surface area (Å²) in [4.78, 5) is 0. The first-order chi connectivity index (χ1) is 6.84. The van der Waals surface area contributed by atoms with Crippen molar-refractivity contribution in [3.63, 3.8) is 0 Å². The van der Waals surface area contributed by atoms with Crippen molar-refractivity contribution in [3.05, 3.63) is 0 Å². The number of aliphatic hydroxyl groups is 1. The third-order valence-corrected chi connectivity index (χ3v) is 2.65. The summed E-state index contributed by atoms with van der Waals surface area (Å²) in [7, 11) is 0. The van der Waals surface area contributed by atoms with Gasteiger partial charge in [-0.2, -0.15) is 5.21 Å². The van der Waals surface area contributed by atoms with E-state index in [1.165, 1.54) is 6.42 Å². The van der Waals surface area contributed by atoms with Crippen molar-refractivity contribution < 1.29 is 5.11 Å². The molecule has 1 aliphatic rings. The Balaban J connectivity index is 1.75. The van der Waals surface area contributed by atoms with Gasteiger partial charge in [-0.05, 0) is 30.4 Å². The standard InChI is InChI=1S/C8H15N5O/c14-7-3-1-2-6(4-7)5-9-8-10-12-13-11-8/h6-7,14H,1-5H2,(H2,9,10,11,12,13). The molecule has 6 heteroatoms. The van der Waals surface area contributed by atoms with Gasteiger partial charge in [0.1, 0.15) is 0 Å². The highest BCUT2D eigenvalue weighted by molar-refractivity contribution is 5.18. The van der Waals surface area contributed by atoms with E-state index in [1.807, 2.05) is 0 Å². The van der Waals surface area contributed by atoms with Crippen molar-refractivity contribution in [2.75, 3.05) is 11.9 Å². The van der Waals surface area contributed by atoms with Crippen LogP contribution in [0.15, 0.2) is 0 Å². The predicted octanol–water partition coefficient (Wildman–Crippen LogP) is 0.163. The fourth-order valence-electron chi connectivity index (χ4n) is 1.92. The molecule has 1 fully saturated rings. The van der Waals surface area contributed by atoms with Crippen molar-refractivity contribution in [3.8, 4) is 0 Å². The molecular weight excluding hydrogens is 182 g/mol. The van der Waals surface area contributed by atoms with Crippen molar-refractivity contribution in [1.82, 2.24) is 20.6 Å². The van der Waals surface area contributed by atoms with Crippen LogP contribution in [0.5, 0.6) is 0 Å². The Labute approximate surface area is 82.1 Å². The molecule has 1 saturated carbocycles. The molecule has 2 rings (SSSR count). The van der Waals surface area contributed by atoms with Gasteiger partial charge < -0.3 is 10.4 Å². The number of aliphatic hydroxyl groups excluding tert-OH is 1. The third kappa shape index (κ3) is 2.41. The number of hydrogen-bond donors (Lipinski definition) is 3. The molecule has 3 N–H and O–H groups in total. The minimum atomic E-state index is -0.124. The van der Waals surface area contributed by atoms with Gasteiger partial charge in [0.05, 0.1) is 6.10 Å². The second-order valence-corrected chi connectivity index (χ2v) is 3.80. The van der Waals surface area contributed by atoms with Gasteiger partial charge in [-0.3, -0.25) is 0 Å². The molecule has 78 valence electrons. The van der Waals surface area contributed by atoms with E-state index >= 15 is 0 Å². The van der Waals surface area contributed by atoms with Crippen LogP contribution in [0.25, 0.3) is 0 Å². The lowest BCUT2D eigenvalue weighted by Gasteiger charge is -2.25. The molecule has 2 atom stereocenters. The zero-order chi connectivity index (χ0) is 9.80. The molecule has 0 spiro atoms. The third-order valence-electron chi connectivity index (χ3n) is 2.65. The van der Waals surface area contributed by atoms with E-state index in [4.69, 9.17) is 0 Å². The number of tetrazole rings is 1. The van der Waals surface area contributed by atoms with Crippen molar-refractivity contribution in [2.24, 2.45) is 5.92 Å². The van der Waals surface area contributed by atoms with Crippen LogP contribution in [0.4, 0.5) is 5.95 Å².